The molecule has 1 heterocycles. The zero-order valence-electron chi connectivity index (χ0n) is 22.1. The molecule has 0 aliphatic heterocycles. The van der Waals surface area contributed by atoms with Gasteiger partial charge in [0.25, 0.3) is 0 Å². The summed E-state index contributed by atoms with van der Waals surface area (Å²) in [5.74, 6) is 0.217. The molecular formula is C27H52N4O2. The molecule has 0 bridgehead atoms. The van der Waals surface area contributed by atoms with Crippen LogP contribution in [-0.4, -0.2) is 39.7 Å². The lowest BCUT2D eigenvalue weighted by molar-refractivity contribution is -0.122. The van der Waals surface area contributed by atoms with Crippen molar-refractivity contribution in [2.45, 2.75) is 149 Å². The SMILES string of the molecule is CCCCC(CCC)NC(=O)CCCCCn1cc(CCCCCCOC(C)CCC)nn1. The number of amides is 1. The predicted molar refractivity (Wildman–Crippen MR) is 137 cm³/mol. The van der Waals surface area contributed by atoms with Crippen molar-refractivity contribution in [3.05, 3.63) is 11.9 Å². The molecule has 0 radical (unpaired) electrons. The second kappa shape index (κ2) is 20.0. The third kappa shape index (κ3) is 15.9. The van der Waals surface area contributed by atoms with E-state index in [2.05, 4.69) is 49.5 Å². The molecule has 1 amide bonds. The molecule has 0 saturated carbocycles. The molecule has 0 saturated heterocycles. The van der Waals surface area contributed by atoms with Gasteiger partial charge in [-0.05, 0) is 58.3 Å². The minimum absolute atomic E-state index is 0.217. The molecule has 0 aliphatic carbocycles. The van der Waals surface area contributed by atoms with E-state index >= 15 is 0 Å². The fraction of sp³-hybridized carbons (Fsp3) is 0.889. The Hall–Kier alpha value is -1.43. The normalized spacial score (nSPS) is 13.2. The molecule has 0 spiro atoms. The van der Waals surface area contributed by atoms with E-state index in [1.54, 1.807) is 0 Å². The molecule has 0 fully saturated rings. The third-order valence-electron chi connectivity index (χ3n) is 6.21. The molecule has 0 aliphatic rings. The number of carbonyl (C=O) groups excluding carboxylic acids is 1. The number of hydrogen-bond donors (Lipinski definition) is 1. The Morgan fingerprint density at radius 2 is 1.70 bits per heavy atom. The number of ether oxygens (including phenoxy) is 1. The second-order valence-electron chi connectivity index (χ2n) is 9.61. The topological polar surface area (TPSA) is 69.0 Å². The van der Waals surface area contributed by atoms with Crippen molar-refractivity contribution < 1.29 is 9.53 Å². The van der Waals surface area contributed by atoms with Crippen molar-refractivity contribution in [3.63, 3.8) is 0 Å². The maximum atomic E-state index is 12.2. The summed E-state index contributed by atoms with van der Waals surface area (Å²) >= 11 is 0. The van der Waals surface area contributed by atoms with E-state index in [4.69, 9.17) is 4.74 Å². The monoisotopic (exact) mass is 464 g/mol. The van der Waals surface area contributed by atoms with Crippen LogP contribution >= 0.6 is 0 Å². The highest BCUT2D eigenvalue weighted by Gasteiger charge is 2.10. The molecule has 33 heavy (non-hydrogen) atoms. The number of nitrogens with zero attached hydrogens (tertiary/aromatic N) is 3. The van der Waals surface area contributed by atoms with E-state index < -0.39 is 0 Å². The van der Waals surface area contributed by atoms with Gasteiger partial charge in [-0.15, -0.1) is 5.10 Å². The first-order valence-corrected chi connectivity index (χ1v) is 13.9. The molecule has 6 nitrogen and oxygen atoms in total. The van der Waals surface area contributed by atoms with Gasteiger partial charge in [0.2, 0.25) is 5.91 Å². The van der Waals surface area contributed by atoms with Crippen molar-refractivity contribution >= 4 is 5.91 Å². The zero-order valence-corrected chi connectivity index (χ0v) is 22.1. The van der Waals surface area contributed by atoms with Crippen LogP contribution in [0.5, 0.6) is 0 Å². The minimum atomic E-state index is 0.217. The predicted octanol–water partition coefficient (Wildman–Crippen LogP) is 6.62. The summed E-state index contributed by atoms with van der Waals surface area (Å²) in [6.07, 6.45) is 20.0. The van der Waals surface area contributed by atoms with Crippen LogP contribution in [0.3, 0.4) is 0 Å². The van der Waals surface area contributed by atoms with Crippen LogP contribution in [-0.2, 0) is 22.5 Å². The molecule has 1 aromatic rings. The summed E-state index contributed by atoms with van der Waals surface area (Å²) in [5, 5.41) is 11.8. The Morgan fingerprint density at radius 1 is 0.939 bits per heavy atom. The molecule has 192 valence electrons. The van der Waals surface area contributed by atoms with E-state index in [0.717, 1.165) is 83.1 Å². The number of nitrogens with one attached hydrogen (secondary N) is 1. The molecule has 1 rings (SSSR count). The average Bonchev–Trinajstić information content (AvgIpc) is 3.24. The van der Waals surface area contributed by atoms with Crippen molar-refractivity contribution in [2.75, 3.05) is 6.61 Å². The first kappa shape index (κ1) is 29.6. The number of aromatic nitrogens is 3. The molecule has 1 N–H and O–H groups in total. The standard InChI is InChI=1S/C27H52N4O2/c1-5-8-18-25(17-7-3)28-27(32)20-13-11-14-21-31-23-26(29-30-31)19-12-9-10-15-22-33-24(4)16-6-2/h23-25H,5-22H2,1-4H3,(H,28,32). The van der Waals surface area contributed by atoms with Gasteiger partial charge in [0.15, 0.2) is 0 Å². The van der Waals surface area contributed by atoms with Gasteiger partial charge in [-0.2, -0.15) is 0 Å². The Morgan fingerprint density at radius 3 is 2.45 bits per heavy atom. The number of carbonyl (C=O) groups is 1. The van der Waals surface area contributed by atoms with Crippen molar-refractivity contribution in [1.82, 2.24) is 20.3 Å². The van der Waals surface area contributed by atoms with E-state index in [1.165, 1.54) is 32.1 Å². The van der Waals surface area contributed by atoms with Crippen LogP contribution in [0.2, 0.25) is 0 Å². The summed E-state index contributed by atoms with van der Waals surface area (Å²) < 4.78 is 7.77. The Labute approximate surface area is 203 Å². The van der Waals surface area contributed by atoms with Gasteiger partial charge >= 0.3 is 0 Å². The van der Waals surface area contributed by atoms with E-state index in [0.29, 0.717) is 18.6 Å². The fourth-order valence-corrected chi connectivity index (χ4v) is 4.22. The largest absolute Gasteiger partial charge is 0.379 e. The zero-order chi connectivity index (χ0) is 24.2. The molecular weight excluding hydrogens is 412 g/mol. The number of hydrogen-bond acceptors (Lipinski definition) is 4. The molecule has 2 unspecified atom stereocenters. The van der Waals surface area contributed by atoms with Crippen LogP contribution in [0.15, 0.2) is 6.20 Å². The first-order chi connectivity index (χ1) is 16.1. The summed E-state index contributed by atoms with van der Waals surface area (Å²) in [4.78, 5) is 12.2. The van der Waals surface area contributed by atoms with Gasteiger partial charge in [-0.25, -0.2) is 0 Å². The summed E-state index contributed by atoms with van der Waals surface area (Å²) in [5.41, 5.74) is 1.09. The van der Waals surface area contributed by atoms with Gasteiger partial charge in [-0.3, -0.25) is 9.48 Å². The summed E-state index contributed by atoms with van der Waals surface area (Å²) in [6, 6.07) is 0.360. The molecule has 1 aromatic heterocycles. The number of rotatable bonds is 22. The highest BCUT2D eigenvalue weighted by atomic mass is 16.5. The van der Waals surface area contributed by atoms with Crippen LogP contribution in [0, 0.1) is 0 Å². The minimum Gasteiger partial charge on any atom is -0.379 e. The highest BCUT2D eigenvalue weighted by Crippen LogP contribution is 2.10. The van der Waals surface area contributed by atoms with Gasteiger partial charge in [0.05, 0.1) is 11.8 Å². The maximum absolute atomic E-state index is 12.2. The molecule has 6 heteroatoms. The lowest BCUT2D eigenvalue weighted by Crippen LogP contribution is -2.34. The van der Waals surface area contributed by atoms with E-state index in [9.17, 15) is 4.79 Å². The van der Waals surface area contributed by atoms with Crippen LogP contribution in [0.4, 0.5) is 0 Å². The fourth-order valence-electron chi connectivity index (χ4n) is 4.22. The summed E-state index contributed by atoms with van der Waals surface area (Å²) in [6.45, 7) is 10.5. The molecule has 2 atom stereocenters. The van der Waals surface area contributed by atoms with Crippen molar-refractivity contribution in [3.8, 4) is 0 Å². The smallest absolute Gasteiger partial charge is 0.220 e. The Balaban J connectivity index is 2.06. The summed E-state index contributed by atoms with van der Waals surface area (Å²) in [7, 11) is 0. The number of aryl methyl sites for hydroxylation is 2. The first-order valence-electron chi connectivity index (χ1n) is 13.9. The Kier molecular flexibility index (Phi) is 17.9. The quantitative estimate of drug-likeness (QED) is 0.196. The van der Waals surface area contributed by atoms with Crippen LogP contribution < -0.4 is 5.32 Å². The maximum Gasteiger partial charge on any atom is 0.220 e. The third-order valence-corrected chi connectivity index (χ3v) is 6.21. The van der Waals surface area contributed by atoms with E-state index in [1.807, 2.05) is 4.68 Å². The lowest BCUT2D eigenvalue weighted by Gasteiger charge is -2.17. The molecule has 0 aromatic carbocycles. The van der Waals surface area contributed by atoms with Crippen molar-refractivity contribution in [2.24, 2.45) is 0 Å². The van der Waals surface area contributed by atoms with Gasteiger partial charge < -0.3 is 10.1 Å². The van der Waals surface area contributed by atoms with Gasteiger partial charge in [0, 0.05) is 31.8 Å². The van der Waals surface area contributed by atoms with Gasteiger partial charge in [0.1, 0.15) is 0 Å². The average molecular weight is 465 g/mol. The van der Waals surface area contributed by atoms with Crippen LogP contribution in [0.25, 0.3) is 0 Å². The highest BCUT2D eigenvalue weighted by molar-refractivity contribution is 5.76. The number of unbranched alkanes of at least 4 members (excludes halogenated alkanes) is 6. The van der Waals surface area contributed by atoms with Crippen molar-refractivity contribution in [1.29, 1.82) is 0 Å². The second-order valence-corrected chi connectivity index (χ2v) is 9.61. The van der Waals surface area contributed by atoms with Crippen LogP contribution in [0.1, 0.15) is 130 Å². The van der Waals surface area contributed by atoms with Gasteiger partial charge in [-0.1, -0.05) is 70.9 Å². The van der Waals surface area contributed by atoms with E-state index in [-0.39, 0.29) is 5.91 Å². The lowest BCUT2D eigenvalue weighted by atomic mass is 10.0. The Bertz CT molecular complexity index is 590.